The van der Waals surface area contributed by atoms with Gasteiger partial charge in [-0.25, -0.2) is 0 Å². The maximum atomic E-state index is 9.19. The van der Waals surface area contributed by atoms with Gasteiger partial charge in [0.2, 0.25) is 0 Å². The minimum atomic E-state index is -0.513. The summed E-state index contributed by atoms with van der Waals surface area (Å²) >= 11 is 0. The molecule has 7 aromatic carbocycles. The molecule has 1 aromatic heterocycles. The lowest BCUT2D eigenvalue weighted by atomic mass is 9.85. The lowest BCUT2D eigenvalue weighted by Gasteiger charge is -2.18. The molecule has 0 N–H and O–H groups in total. The number of benzene rings is 7. The van der Waals surface area contributed by atoms with Crippen LogP contribution in [0.3, 0.4) is 0 Å². The molecular weight excluding hydrogens is 472 g/mol. The molecule has 0 aliphatic heterocycles. The van der Waals surface area contributed by atoms with E-state index in [-0.39, 0.29) is 74.5 Å². The van der Waals surface area contributed by atoms with Crippen LogP contribution in [0.2, 0.25) is 0 Å². The quantitative estimate of drug-likeness (QED) is 0.216. The Labute approximate surface area is 243 Å². The second kappa shape index (κ2) is 8.72. The van der Waals surface area contributed by atoms with Crippen molar-refractivity contribution in [1.82, 2.24) is 0 Å². The van der Waals surface area contributed by atoms with E-state index in [0.717, 1.165) is 16.8 Å². The molecule has 8 rings (SSSR count). The first kappa shape index (κ1) is 13.1. The van der Waals surface area contributed by atoms with Crippen molar-refractivity contribution in [2.75, 3.05) is 0 Å². The molecule has 0 unspecified atom stereocenters. The van der Waals surface area contributed by atoms with Gasteiger partial charge in [-0.05, 0) is 73.1 Å². The molecule has 8 aromatic rings. The fourth-order valence-corrected chi connectivity index (χ4v) is 5.32. The predicted octanol–water partition coefficient (Wildman–Crippen LogP) is 10.9. The van der Waals surface area contributed by atoms with Gasteiger partial charge >= 0.3 is 0 Å². The summed E-state index contributed by atoms with van der Waals surface area (Å²) < 4.78 is 110. The van der Waals surface area contributed by atoms with Crippen molar-refractivity contribution < 1.29 is 20.9 Å². The van der Waals surface area contributed by atoms with Crippen molar-refractivity contribution in [2.24, 2.45) is 0 Å². The number of fused-ring (bicyclic) bond motifs is 5. The van der Waals surface area contributed by atoms with E-state index >= 15 is 0 Å². The molecule has 0 saturated heterocycles. The highest BCUT2D eigenvalue weighted by molar-refractivity contribution is 6.22. The molecule has 0 saturated carbocycles. The molecule has 0 aliphatic carbocycles. The van der Waals surface area contributed by atoms with Crippen LogP contribution in [0.5, 0.6) is 0 Å². The van der Waals surface area contributed by atoms with Gasteiger partial charge in [0.05, 0.1) is 16.4 Å². The third-order valence-corrected chi connectivity index (χ3v) is 7.04. The molecule has 0 fully saturated rings. The monoisotopic (exact) mass is 508 g/mol. The summed E-state index contributed by atoms with van der Waals surface area (Å²) in [6.07, 6.45) is 0. The molecule has 0 amide bonds. The second-order valence-electron chi connectivity index (χ2n) is 9.19. The van der Waals surface area contributed by atoms with E-state index in [9.17, 15) is 5.48 Å². The highest BCUT2D eigenvalue weighted by Gasteiger charge is 2.17. The topological polar surface area (TPSA) is 13.1 Å². The van der Waals surface area contributed by atoms with Crippen molar-refractivity contribution in [3.05, 3.63) is 145 Å². The Morgan fingerprint density at radius 3 is 1.59 bits per heavy atom. The highest BCUT2D eigenvalue weighted by Crippen LogP contribution is 2.44. The first-order chi connectivity index (χ1) is 24.3. The van der Waals surface area contributed by atoms with Crippen LogP contribution in [0, 0.1) is 0 Å². The normalized spacial score (nSPS) is 15.9. The summed E-state index contributed by atoms with van der Waals surface area (Å²) in [5.41, 5.74) is 2.88. The number of furan rings is 1. The number of para-hydroxylation sites is 1. The van der Waals surface area contributed by atoms with Crippen LogP contribution in [-0.4, -0.2) is 0 Å². The molecule has 0 radical (unpaired) electrons. The van der Waals surface area contributed by atoms with E-state index in [4.69, 9.17) is 15.4 Å². The molecule has 0 aliphatic rings. The standard InChI is InChI=1S/C38H24O/c1-2-10-25(11-3-1)26-18-20-27(21-19-26)37-30-13-4-6-15-32(30)38(33-16-7-5-14-31(33)37)28-22-23-36-34(24-28)29-12-8-9-17-35(29)39-36/h1-24H/i2D,3D,4D,5D,6D,7D,10D,11D,13D,14D,15D,16D. The van der Waals surface area contributed by atoms with E-state index in [1.807, 2.05) is 30.3 Å². The fourth-order valence-electron chi connectivity index (χ4n) is 5.32. The Kier molecular flexibility index (Phi) is 2.92. The Morgan fingerprint density at radius 2 is 0.923 bits per heavy atom. The molecular formula is C38H24O. The zero-order valence-corrected chi connectivity index (χ0v) is 20.3. The van der Waals surface area contributed by atoms with Crippen LogP contribution in [0.4, 0.5) is 0 Å². The van der Waals surface area contributed by atoms with Crippen LogP contribution in [0.15, 0.2) is 150 Å². The van der Waals surface area contributed by atoms with E-state index in [1.165, 1.54) is 0 Å². The summed E-state index contributed by atoms with van der Waals surface area (Å²) in [7, 11) is 0. The molecule has 0 atom stereocenters. The lowest BCUT2D eigenvalue weighted by molar-refractivity contribution is 0.669. The van der Waals surface area contributed by atoms with Gasteiger partial charge in [-0.3, -0.25) is 0 Å². The maximum absolute atomic E-state index is 9.19. The van der Waals surface area contributed by atoms with E-state index in [1.54, 1.807) is 36.4 Å². The van der Waals surface area contributed by atoms with Crippen LogP contribution in [0.1, 0.15) is 16.4 Å². The first-order valence-electron chi connectivity index (χ1n) is 18.4. The zero-order chi connectivity index (χ0) is 36.2. The van der Waals surface area contributed by atoms with Crippen LogP contribution in [-0.2, 0) is 0 Å². The van der Waals surface area contributed by atoms with Crippen LogP contribution >= 0.6 is 0 Å². The summed E-state index contributed by atoms with van der Waals surface area (Å²) in [6.45, 7) is 0. The fraction of sp³-hybridized carbons (Fsp3) is 0. The minimum Gasteiger partial charge on any atom is -0.456 e. The molecule has 1 nitrogen and oxygen atoms in total. The Balaban J connectivity index is 1.55. The molecule has 0 spiro atoms. The number of rotatable bonds is 3. The van der Waals surface area contributed by atoms with Gasteiger partial charge in [0.25, 0.3) is 0 Å². The summed E-state index contributed by atoms with van der Waals surface area (Å²) in [4.78, 5) is 0. The van der Waals surface area contributed by atoms with Crippen LogP contribution < -0.4 is 0 Å². The Bertz CT molecular complexity index is 2720. The van der Waals surface area contributed by atoms with Gasteiger partial charge in [0.1, 0.15) is 11.2 Å². The van der Waals surface area contributed by atoms with Gasteiger partial charge < -0.3 is 4.42 Å². The van der Waals surface area contributed by atoms with E-state index in [0.29, 0.717) is 27.9 Å². The summed E-state index contributed by atoms with van der Waals surface area (Å²) in [6, 6.07) is 15.7. The maximum Gasteiger partial charge on any atom is 0.135 e. The lowest BCUT2D eigenvalue weighted by Crippen LogP contribution is -1.91. The van der Waals surface area contributed by atoms with Crippen molar-refractivity contribution in [2.45, 2.75) is 0 Å². The van der Waals surface area contributed by atoms with Crippen LogP contribution in [0.25, 0.3) is 76.9 Å². The van der Waals surface area contributed by atoms with Gasteiger partial charge in [-0.1, -0.05) is 127 Å². The van der Waals surface area contributed by atoms with Gasteiger partial charge in [0, 0.05) is 10.8 Å². The van der Waals surface area contributed by atoms with E-state index in [2.05, 4.69) is 0 Å². The number of hydrogen-bond donors (Lipinski definition) is 0. The van der Waals surface area contributed by atoms with Crippen molar-refractivity contribution >= 4 is 43.5 Å². The van der Waals surface area contributed by atoms with Gasteiger partial charge in [-0.15, -0.1) is 0 Å². The smallest absolute Gasteiger partial charge is 0.135 e. The van der Waals surface area contributed by atoms with Crippen molar-refractivity contribution in [3.63, 3.8) is 0 Å². The first-order valence-corrected chi connectivity index (χ1v) is 12.4. The number of hydrogen-bond acceptors (Lipinski definition) is 1. The third kappa shape index (κ3) is 3.48. The minimum absolute atomic E-state index is 0.0578. The SMILES string of the molecule is [2H]c1cc([2H])c([2H])c(-c2ccc(-c3c4c([2H])c([2H])c([2H])c([2H])c4c(-c4ccc5oc6ccccc6c5c4)c4c([2H])c([2H])c([2H])c([2H])c34)cc2)c1[2H]. The average molecular weight is 509 g/mol. The molecule has 1 heterocycles. The van der Waals surface area contributed by atoms with Gasteiger partial charge in [-0.2, -0.15) is 0 Å². The third-order valence-electron chi connectivity index (χ3n) is 7.04. The van der Waals surface area contributed by atoms with Gasteiger partial charge in [0.15, 0.2) is 0 Å². The highest BCUT2D eigenvalue weighted by atomic mass is 16.3. The van der Waals surface area contributed by atoms with E-state index < -0.39 is 36.3 Å². The average Bonchev–Trinajstić information content (AvgIpc) is 3.51. The summed E-state index contributed by atoms with van der Waals surface area (Å²) in [5.74, 6) is 0. The second-order valence-corrected chi connectivity index (χ2v) is 9.19. The Morgan fingerprint density at radius 1 is 0.385 bits per heavy atom. The molecule has 1 heteroatoms. The predicted molar refractivity (Wildman–Crippen MR) is 165 cm³/mol. The molecule has 39 heavy (non-hydrogen) atoms. The molecule has 182 valence electrons. The largest absolute Gasteiger partial charge is 0.456 e. The Hall–Kier alpha value is -5.14. The van der Waals surface area contributed by atoms with Crippen molar-refractivity contribution in [1.29, 1.82) is 0 Å². The molecule has 0 bridgehead atoms. The zero-order valence-electron chi connectivity index (χ0n) is 32.3. The van der Waals surface area contributed by atoms with Crippen molar-refractivity contribution in [3.8, 4) is 33.4 Å². The summed E-state index contributed by atoms with van der Waals surface area (Å²) in [5, 5.41) is 1.80.